The SMILES string of the molecule is Cc1cc2c(c3c1C(=O)/C(=C/c1cccc([N+](=O)[O-])c1)O3)CN(Cc1ccccn1)CO2. The largest absolute Gasteiger partial charge is 0.478 e. The van der Waals surface area contributed by atoms with Gasteiger partial charge in [0.15, 0.2) is 5.76 Å². The molecule has 0 bridgehead atoms. The van der Waals surface area contributed by atoms with Crippen LogP contribution in [-0.2, 0) is 13.1 Å². The van der Waals surface area contributed by atoms with Crippen LogP contribution in [0.15, 0.2) is 60.5 Å². The summed E-state index contributed by atoms with van der Waals surface area (Å²) in [5, 5.41) is 11.1. The van der Waals surface area contributed by atoms with Crippen LogP contribution in [0.4, 0.5) is 5.69 Å². The highest BCUT2D eigenvalue weighted by Gasteiger charge is 2.35. The van der Waals surface area contributed by atoms with Gasteiger partial charge < -0.3 is 9.47 Å². The summed E-state index contributed by atoms with van der Waals surface area (Å²) in [6.07, 6.45) is 3.29. The van der Waals surface area contributed by atoms with Crippen molar-refractivity contribution in [3.05, 3.63) is 98.5 Å². The summed E-state index contributed by atoms with van der Waals surface area (Å²) in [5.41, 5.74) is 3.48. The van der Waals surface area contributed by atoms with Crippen molar-refractivity contribution in [3.8, 4) is 11.5 Å². The first-order valence-electron chi connectivity index (χ1n) is 10.1. The summed E-state index contributed by atoms with van der Waals surface area (Å²) in [6, 6.07) is 13.7. The highest BCUT2D eigenvalue weighted by atomic mass is 16.6. The van der Waals surface area contributed by atoms with Crippen molar-refractivity contribution < 1.29 is 19.2 Å². The van der Waals surface area contributed by atoms with Crippen molar-refractivity contribution in [2.24, 2.45) is 0 Å². The quantitative estimate of drug-likeness (QED) is 0.347. The average molecular weight is 429 g/mol. The molecule has 5 rings (SSSR count). The number of carbonyl (C=O) groups is 1. The van der Waals surface area contributed by atoms with E-state index in [0.717, 1.165) is 16.8 Å². The van der Waals surface area contributed by atoms with Crippen LogP contribution < -0.4 is 9.47 Å². The lowest BCUT2D eigenvalue weighted by molar-refractivity contribution is -0.384. The van der Waals surface area contributed by atoms with Crippen LogP contribution in [0.5, 0.6) is 11.5 Å². The monoisotopic (exact) mass is 429 g/mol. The first-order valence-corrected chi connectivity index (χ1v) is 10.1. The Morgan fingerprint density at radius 1 is 1.22 bits per heavy atom. The first-order chi connectivity index (χ1) is 15.5. The van der Waals surface area contributed by atoms with Gasteiger partial charge in [0.05, 0.1) is 21.7 Å². The van der Waals surface area contributed by atoms with E-state index in [2.05, 4.69) is 9.88 Å². The number of nitrogens with zero attached hydrogens (tertiary/aromatic N) is 3. The minimum atomic E-state index is -0.470. The normalized spacial score (nSPS) is 16.3. The van der Waals surface area contributed by atoms with Crippen molar-refractivity contribution in [2.45, 2.75) is 20.0 Å². The lowest BCUT2D eigenvalue weighted by atomic mass is 9.98. The molecule has 0 fully saturated rings. The number of Topliss-reactive ketones (excluding diaryl/α,β-unsaturated/α-hetero) is 1. The van der Waals surface area contributed by atoms with Gasteiger partial charge >= 0.3 is 0 Å². The van der Waals surface area contributed by atoms with Crippen molar-refractivity contribution in [1.82, 2.24) is 9.88 Å². The van der Waals surface area contributed by atoms with Crippen LogP contribution in [0, 0.1) is 17.0 Å². The van der Waals surface area contributed by atoms with Gasteiger partial charge in [0.1, 0.15) is 18.2 Å². The molecular weight excluding hydrogens is 410 g/mol. The van der Waals surface area contributed by atoms with Crippen LogP contribution in [0.25, 0.3) is 6.08 Å². The molecule has 160 valence electrons. The van der Waals surface area contributed by atoms with Gasteiger partial charge in [0, 0.05) is 31.4 Å². The molecule has 8 heteroatoms. The second-order valence-corrected chi connectivity index (χ2v) is 7.75. The van der Waals surface area contributed by atoms with E-state index in [0.29, 0.717) is 42.4 Å². The summed E-state index contributed by atoms with van der Waals surface area (Å²) in [6.45, 7) is 3.41. The molecule has 0 N–H and O–H groups in total. The Labute approximate surface area is 183 Å². The molecule has 0 saturated heterocycles. The third-order valence-corrected chi connectivity index (χ3v) is 5.48. The van der Waals surface area contributed by atoms with Crippen LogP contribution in [0.1, 0.15) is 32.7 Å². The van der Waals surface area contributed by atoms with Crippen LogP contribution in [0.2, 0.25) is 0 Å². The number of nitro benzene ring substituents is 1. The number of benzene rings is 2. The minimum Gasteiger partial charge on any atom is -0.478 e. The number of rotatable bonds is 4. The number of fused-ring (bicyclic) bond motifs is 3. The molecule has 0 atom stereocenters. The van der Waals surface area contributed by atoms with Gasteiger partial charge in [-0.3, -0.25) is 24.8 Å². The molecule has 2 aliphatic rings. The highest BCUT2D eigenvalue weighted by molar-refractivity contribution is 6.15. The van der Waals surface area contributed by atoms with Crippen LogP contribution in [-0.4, -0.2) is 27.3 Å². The number of non-ortho nitro benzene ring substituents is 1. The van der Waals surface area contributed by atoms with Gasteiger partial charge in [-0.25, -0.2) is 0 Å². The Morgan fingerprint density at radius 3 is 2.88 bits per heavy atom. The van der Waals surface area contributed by atoms with Crippen molar-refractivity contribution in [1.29, 1.82) is 0 Å². The number of allylic oxidation sites excluding steroid dienone is 1. The number of ether oxygens (including phenoxy) is 2. The molecule has 3 aromatic rings. The highest BCUT2D eigenvalue weighted by Crippen LogP contribution is 2.44. The Balaban J connectivity index is 1.47. The predicted octanol–water partition coefficient (Wildman–Crippen LogP) is 4.27. The zero-order valence-corrected chi connectivity index (χ0v) is 17.3. The lowest BCUT2D eigenvalue weighted by Crippen LogP contribution is -2.32. The summed E-state index contributed by atoms with van der Waals surface area (Å²) in [4.78, 5) is 30.1. The molecule has 0 radical (unpaired) electrons. The van der Waals surface area contributed by atoms with E-state index in [1.54, 1.807) is 18.3 Å². The zero-order valence-electron chi connectivity index (χ0n) is 17.3. The van der Waals surface area contributed by atoms with Gasteiger partial charge in [-0.1, -0.05) is 18.2 Å². The Hall–Kier alpha value is -4.04. The molecule has 8 nitrogen and oxygen atoms in total. The van der Waals surface area contributed by atoms with E-state index < -0.39 is 4.92 Å². The predicted molar refractivity (Wildman–Crippen MR) is 116 cm³/mol. The fourth-order valence-electron chi connectivity index (χ4n) is 3.98. The zero-order chi connectivity index (χ0) is 22.2. The Bertz CT molecular complexity index is 1270. The number of ketones is 1. The Morgan fingerprint density at radius 2 is 2.09 bits per heavy atom. The van der Waals surface area contributed by atoms with Crippen molar-refractivity contribution in [3.63, 3.8) is 0 Å². The third-order valence-electron chi connectivity index (χ3n) is 5.48. The molecule has 0 aliphatic carbocycles. The topological polar surface area (TPSA) is 94.8 Å². The van der Waals surface area contributed by atoms with E-state index in [9.17, 15) is 14.9 Å². The number of aromatic nitrogens is 1. The van der Waals surface area contributed by atoms with Gasteiger partial charge in [0.25, 0.3) is 5.69 Å². The van der Waals surface area contributed by atoms with E-state index >= 15 is 0 Å². The molecule has 2 aliphatic heterocycles. The fraction of sp³-hybridized carbons (Fsp3) is 0.167. The molecular formula is C24H19N3O5. The molecule has 0 amide bonds. The molecule has 2 aromatic carbocycles. The third kappa shape index (κ3) is 3.61. The number of pyridine rings is 1. The molecule has 0 spiro atoms. The maximum atomic E-state index is 13.1. The lowest BCUT2D eigenvalue weighted by Gasteiger charge is -2.29. The first kappa shape index (κ1) is 19.9. The van der Waals surface area contributed by atoms with Gasteiger partial charge in [-0.05, 0) is 42.3 Å². The molecule has 0 saturated carbocycles. The summed E-state index contributed by atoms with van der Waals surface area (Å²) in [5.74, 6) is 1.09. The fourth-order valence-corrected chi connectivity index (χ4v) is 3.98. The van der Waals surface area contributed by atoms with E-state index in [-0.39, 0.29) is 17.2 Å². The van der Waals surface area contributed by atoms with Gasteiger partial charge in [0.2, 0.25) is 5.78 Å². The molecule has 3 heterocycles. The van der Waals surface area contributed by atoms with Crippen LogP contribution in [0.3, 0.4) is 0 Å². The van der Waals surface area contributed by atoms with Gasteiger partial charge in [-0.15, -0.1) is 0 Å². The van der Waals surface area contributed by atoms with E-state index in [1.807, 2.05) is 31.2 Å². The van der Waals surface area contributed by atoms with Crippen molar-refractivity contribution >= 4 is 17.5 Å². The summed E-state index contributed by atoms with van der Waals surface area (Å²) in [7, 11) is 0. The van der Waals surface area contributed by atoms with Gasteiger partial charge in [-0.2, -0.15) is 0 Å². The summed E-state index contributed by atoms with van der Waals surface area (Å²) < 4.78 is 12.0. The second kappa shape index (κ2) is 7.90. The maximum absolute atomic E-state index is 13.1. The number of nitro groups is 1. The van der Waals surface area contributed by atoms with Crippen molar-refractivity contribution in [2.75, 3.05) is 6.73 Å². The average Bonchev–Trinajstić information content (AvgIpc) is 3.12. The maximum Gasteiger partial charge on any atom is 0.270 e. The molecule has 0 unspecified atom stereocenters. The minimum absolute atomic E-state index is 0.0468. The standard InChI is InChI=1S/C24H19N3O5/c1-15-9-20-19(13-26(14-31-20)12-17-6-2-3-8-25-17)24-22(15)23(28)21(32-24)11-16-5-4-7-18(10-16)27(29)30/h2-11H,12-14H2,1H3/b21-11-. The Kier molecular flexibility index (Phi) is 4.91. The second-order valence-electron chi connectivity index (χ2n) is 7.75. The number of hydrogen-bond acceptors (Lipinski definition) is 7. The number of hydrogen-bond donors (Lipinski definition) is 0. The van der Waals surface area contributed by atoms with E-state index in [1.165, 1.54) is 18.2 Å². The smallest absolute Gasteiger partial charge is 0.270 e. The molecule has 32 heavy (non-hydrogen) atoms. The molecule has 1 aromatic heterocycles. The van der Waals surface area contributed by atoms with Crippen LogP contribution >= 0.6 is 0 Å². The van der Waals surface area contributed by atoms with E-state index in [4.69, 9.17) is 9.47 Å². The summed E-state index contributed by atoms with van der Waals surface area (Å²) >= 11 is 0. The number of carbonyl (C=O) groups excluding carboxylic acids is 1. The number of aryl methyl sites for hydroxylation is 1.